The largest absolute Gasteiger partial charge is 0.508 e. The van der Waals surface area contributed by atoms with Gasteiger partial charge < -0.3 is 19.9 Å². The average molecular weight is 504 g/mol. The molecule has 35 heavy (non-hydrogen) atoms. The third-order valence-corrected chi connectivity index (χ3v) is 6.45. The van der Waals surface area contributed by atoms with Crippen LogP contribution in [-0.2, 0) is 22.7 Å². The number of hydrogen-bond donors (Lipinski definition) is 2. The van der Waals surface area contributed by atoms with E-state index >= 15 is 0 Å². The molecule has 0 saturated carbocycles. The summed E-state index contributed by atoms with van der Waals surface area (Å²) in [6.07, 6.45) is 1.29. The summed E-state index contributed by atoms with van der Waals surface area (Å²) < 4.78 is 30.6. The number of rotatable bonds is 6. The number of amides is 2. The minimum Gasteiger partial charge on any atom is -0.508 e. The number of ketones is 1. The van der Waals surface area contributed by atoms with Crippen molar-refractivity contribution in [3.63, 3.8) is 0 Å². The number of likely N-dealkylation sites (tertiary alicyclic amines) is 1. The van der Waals surface area contributed by atoms with Crippen LogP contribution in [0.1, 0.15) is 36.2 Å². The standard InChI is InChI=1S/C25H24ClF2N3O4/c1-14(32)18-11-30(20-8-16(33)6-7-17(18)20)12-22(34)31-13-25(2,28)9-21(31)24(35)29-10-15-4-3-5-19(26)23(15)27/h3-8,11,21,33H,9-10,12-13H2,1-2H3,(H,29,35)/t21-,25+/m0/s1. The number of aromatic nitrogens is 1. The van der Waals surface area contributed by atoms with Crippen LogP contribution in [0.5, 0.6) is 5.75 Å². The molecule has 0 radical (unpaired) electrons. The van der Waals surface area contributed by atoms with E-state index in [9.17, 15) is 28.3 Å². The lowest BCUT2D eigenvalue weighted by Gasteiger charge is -2.24. The van der Waals surface area contributed by atoms with Gasteiger partial charge in [0.25, 0.3) is 0 Å². The number of fused-ring (bicyclic) bond motifs is 1. The normalized spacial score (nSPS) is 19.8. The number of carbonyl (C=O) groups is 3. The highest BCUT2D eigenvalue weighted by Crippen LogP contribution is 2.32. The second-order valence-electron chi connectivity index (χ2n) is 9.01. The Kier molecular flexibility index (Phi) is 6.55. The Morgan fingerprint density at radius 2 is 2.00 bits per heavy atom. The van der Waals surface area contributed by atoms with Crippen molar-refractivity contribution in [1.29, 1.82) is 0 Å². The molecule has 1 aliphatic rings. The highest BCUT2D eigenvalue weighted by atomic mass is 35.5. The van der Waals surface area contributed by atoms with Gasteiger partial charge in [0.15, 0.2) is 5.78 Å². The van der Waals surface area contributed by atoms with Crippen molar-refractivity contribution in [3.05, 3.63) is 64.6 Å². The fourth-order valence-electron chi connectivity index (χ4n) is 4.45. The lowest BCUT2D eigenvalue weighted by molar-refractivity contribution is -0.139. The van der Waals surface area contributed by atoms with Gasteiger partial charge in [-0.2, -0.15) is 0 Å². The van der Waals surface area contributed by atoms with Gasteiger partial charge in [-0.05, 0) is 32.0 Å². The first-order chi connectivity index (χ1) is 16.5. The summed E-state index contributed by atoms with van der Waals surface area (Å²) in [4.78, 5) is 39.4. The number of benzene rings is 2. The smallest absolute Gasteiger partial charge is 0.243 e. The van der Waals surface area contributed by atoms with Crippen LogP contribution in [0, 0.1) is 5.82 Å². The van der Waals surface area contributed by atoms with E-state index < -0.39 is 29.3 Å². The first-order valence-electron chi connectivity index (χ1n) is 11.0. The van der Waals surface area contributed by atoms with Crippen molar-refractivity contribution in [1.82, 2.24) is 14.8 Å². The van der Waals surface area contributed by atoms with Crippen LogP contribution in [-0.4, -0.2) is 50.4 Å². The molecule has 4 rings (SSSR count). The van der Waals surface area contributed by atoms with E-state index in [4.69, 9.17) is 11.6 Å². The molecular weight excluding hydrogens is 480 g/mol. The summed E-state index contributed by atoms with van der Waals surface area (Å²) in [5, 5.41) is 12.9. The summed E-state index contributed by atoms with van der Waals surface area (Å²) in [7, 11) is 0. The maximum Gasteiger partial charge on any atom is 0.243 e. The van der Waals surface area contributed by atoms with Gasteiger partial charge in [-0.3, -0.25) is 14.4 Å². The maximum atomic E-state index is 14.9. The molecule has 184 valence electrons. The SMILES string of the molecule is CC(=O)c1cn(CC(=O)N2C[C@](C)(F)C[C@H]2C(=O)NCc2cccc(Cl)c2F)c2cc(O)ccc12. The van der Waals surface area contributed by atoms with E-state index in [2.05, 4.69) is 5.32 Å². The number of phenolic OH excluding ortho intramolecular Hbond substituents is 1. The molecule has 2 heterocycles. The zero-order valence-electron chi connectivity index (χ0n) is 19.1. The number of hydrogen-bond acceptors (Lipinski definition) is 4. The highest BCUT2D eigenvalue weighted by molar-refractivity contribution is 6.30. The molecule has 1 aliphatic heterocycles. The van der Waals surface area contributed by atoms with Crippen molar-refractivity contribution >= 4 is 40.1 Å². The number of halogens is 3. The van der Waals surface area contributed by atoms with Gasteiger partial charge in [-0.25, -0.2) is 8.78 Å². The van der Waals surface area contributed by atoms with E-state index in [1.54, 1.807) is 12.1 Å². The first-order valence-corrected chi connectivity index (χ1v) is 11.4. The Labute approximate surface area is 205 Å². The van der Waals surface area contributed by atoms with Gasteiger partial charge in [-0.1, -0.05) is 23.7 Å². The molecule has 2 atom stereocenters. The Bertz CT molecular complexity index is 1340. The molecule has 10 heteroatoms. The lowest BCUT2D eigenvalue weighted by atomic mass is 10.0. The molecular formula is C25H24ClF2N3O4. The van der Waals surface area contributed by atoms with Crippen molar-refractivity contribution in [3.8, 4) is 5.75 Å². The predicted octanol–water partition coefficient (Wildman–Crippen LogP) is 3.99. The molecule has 0 aliphatic carbocycles. The molecule has 2 amide bonds. The second-order valence-corrected chi connectivity index (χ2v) is 9.42. The van der Waals surface area contributed by atoms with Crippen LogP contribution in [0.15, 0.2) is 42.6 Å². The number of carbonyl (C=O) groups excluding carboxylic acids is 3. The Balaban J connectivity index is 1.55. The van der Waals surface area contributed by atoms with Gasteiger partial charge in [-0.15, -0.1) is 0 Å². The number of aromatic hydroxyl groups is 1. The molecule has 1 aromatic heterocycles. The molecule has 2 aromatic carbocycles. The van der Waals surface area contributed by atoms with Crippen molar-refractivity contribution in [2.24, 2.45) is 0 Å². The number of alkyl halides is 1. The van der Waals surface area contributed by atoms with Crippen LogP contribution in [0.4, 0.5) is 8.78 Å². The van der Waals surface area contributed by atoms with Crippen molar-refractivity contribution in [2.45, 2.75) is 45.1 Å². The summed E-state index contributed by atoms with van der Waals surface area (Å²) >= 11 is 5.78. The number of Topliss-reactive ketones (excluding diaryl/α,β-unsaturated/α-hetero) is 1. The van der Waals surface area contributed by atoms with Crippen molar-refractivity contribution in [2.75, 3.05) is 6.54 Å². The summed E-state index contributed by atoms with van der Waals surface area (Å²) in [6, 6.07) is 7.77. The van der Waals surface area contributed by atoms with Gasteiger partial charge in [0.05, 0.1) is 17.1 Å². The molecule has 1 fully saturated rings. The fourth-order valence-corrected chi connectivity index (χ4v) is 4.65. The quantitative estimate of drug-likeness (QED) is 0.498. The molecule has 2 N–H and O–H groups in total. The third kappa shape index (κ3) is 5.00. The van der Waals surface area contributed by atoms with Crippen molar-refractivity contribution < 1.29 is 28.3 Å². The highest BCUT2D eigenvalue weighted by Gasteiger charge is 2.46. The fraction of sp³-hybridized carbons (Fsp3) is 0.320. The van der Waals surface area contributed by atoms with E-state index in [-0.39, 0.29) is 48.2 Å². The molecule has 7 nitrogen and oxygen atoms in total. The maximum absolute atomic E-state index is 14.9. The van der Waals surface area contributed by atoms with E-state index in [0.29, 0.717) is 16.5 Å². The first kappa shape index (κ1) is 24.7. The third-order valence-electron chi connectivity index (χ3n) is 6.15. The van der Waals surface area contributed by atoms with Gasteiger partial charge in [0.1, 0.15) is 29.8 Å². The zero-order chi connectivity index (χ0) is 25.5. The minimum atomic E-state index is -1.79. The zero-order valence-corrected chi connectivity index (χ0v) is 19.9. The van der Waals surface area contributed by atoms with Gasteiger partial charge in [0.2, 0.25) is 11.8 Å². The molecule has 3 aromatic rings. The van der Waals surface area contributed by atoms with Crippen LogP contribution >= 0.6 is 11.6 Å². The molecule has 0 bridgehead atoms. The molecule has 0 spiro atoms. The summed E-state index contributed by atoms with van der Waals surface area (Å²) in [5.74, 6) is -2.06. The Morgan fingerprint density at radius 3 is 2.71 bits per heavy atom. The van der Waals surface area contributed by atoms with E-state index in [1.165, 1.54) is 48.9 Å². The minimum absolute atomic E-state index is 0.0394. The van der Waals surface area contributed by atoms with Crippen LogP contribution in [0.3, 0.4) is 0 Å². The topological polar surface area (TPSA) is 91.6 Å². The summed E-state index contributed by atoms with van der Waals surface area (Å²) in [6.45, 7) is 1.98. The van der Waals surface area contributed by atoms with Gasteiger partial charge in [0, 0.05) is 41.7 Å². The second kappa shape index (κ2) is 9.30. The van der Waals surface area contributed by atoms with Crippen LogP contribution < -0.4 is 5.32 Å². The number of nitrogens with one attached hydrogen (secondary N) is 1. The van der Waals surface area contributed by atoms with Crippen LogP contribution in [0.2, 0.25) is 5.02 Å². The monoisotopic (exact) mass is 503 g/mol. The number of nitrogens with zero attached hydrogens (tertiary/aromatic N) is 2. The predicted molar refractivity (Wildman–Crippen MR) is 126 cm³/mol. The van der Waals surface area contributed by atoms with E-state index in [0.717, 1.165) is 4.90 Å². The lowest BCUT2D eigenvalue weighted by Crippen LogP contribution is -2.46. The van der Waals surface area contributed by atoms with Crippen LogP contribution in [0.25, 0.3) is 10.9 Å². The molecule has 1 saturated heterocycles. The van der Waals surface area contributed by atoms with E-state index in [1.807, 2.05) is 0 Å². The van der Waals surface area contributed by atoms with Gasteiger partial charge >= 0.3 is 0 Å². The average Bonchev–Trinajstić information content (AvgIpc) is 3.31. The summed E-state index contributed by atoms with van der Waals surface area (Å²) in [5.41, 5.74) is -0.786. The molecule has 0 unspecified atom stereocenters. The Hall–Kier alpha value is -3.46. The number of phenols is 1. The Morgan fingerprint density at radius 1 is 1.26 bits per heavy atom.